The maximum Gasteiger partial charge on any atom is 0.262 e. The Balaban J connectivity index is 1.79. The normalized spacial score (nSPS) is 17.5. The Hall–Kier alpha value is -2.40. The number of rotatable bonds is 4. The number of carbonyl (C=O) groups excluding carboxylic acids is 1. The fourth-order valence-corrected chi connectivity index (χ4v) is 4.56. The second-order valence-corrected chi connectivity index (χ2v) is 7.78. The predicted octanol–water partition coefficient (Wildman–Crippen LogP) is 4.05. The molecule has 1 saturated carbocycles. The first-order valence-electron chi connectivity index (χ1n) is 8.95. The zero-order valence-corrected chi connectivity index (χ0v) is 15.2. The van der Waals surface area contributed by atoms with Gasteiger partial charge in [0.1, 0.15) is 5.78 Å². The zero-order valence-electron chi connectivity index (χ0n) is 14.4. The van der Waals surface area contributed by atoms with Gasteiger partial charge in [0.05, 0.1) is 22.7 Å². The second-order valence-electron chi connectivity index (χ2n) is 6.61. The van der Waals surface area contributed by atoms with Crippen molar-refractivity contribution in [2.45, 2.75) is 42.6 Å². The molecule has 3 aromatic rings. The lowest BCUT2D eigenvalue weighted by molar-refractivity contribution is -0.119. The molecule has 0 amide bonds. The number of carbonyl (C=O) groups is 1. The molecule has 1 heterocycles. The Kier molecular flexibility index (Phi) is 4.89. The van der Waals surface area contributed by atoms with Crippen LogP contribution in [0.4, 0.5) is 0 Å². The third kappa shape index (κ3) is 3.44. The topological polar surface area (TPSA) is 52.0 Å². The van der Waals surface area contributed by atoms with Crippen LogP contribution in [0.15, 0.2) is 64.5 Å². The minimum absolute atomic E-state index is 0.0507. The lowest BCUT2D eigenvalue weighted by Gasteiger charge is -2.21. The van der Waals surface area contributed by atoms with Crippen molar-refractivity contribution in [2.24, 2.45) is 0 Å². The molecule has 1 atom stereocenters. The van der Waals surface area contributed by atoms with Gasteiger partial charge in [-0.15, -0.1) is 0 Å². The molecular formula is C21H20N2O2S. The molecule has 2 aromatic carbocycles. The molecule has 4 rings (SSSR count). The van der Waals surface area contributed by atoms with Crippen molar-refractivity contribution in [2.75, 3.05) is 0 Å². The molecule has 0 radical (unpaired) electrons. The highest BCUT2D eigenvalue weighted by molar-refractivity contribution is 8.00. The van der Waals surface area contributed by atoms with E-state index in [0.29, 0.717) is 29.0 Å². The summed E-state index contributed by atoms with van der Waals surface area (Å²) in [5, 5.41) is 1.15. The number of benzene rings is 2. The summed E-state index contributed by atoms with van der Waals surface area (Å²) in [6.07, 6.45) is 3.52. The van der Waals surface area contributed by atoms with Gasteiger partial charge in [0.15, 0.2) is 5.16 Å². The summed E-state index contributed by atoms with van der Waals surface area (Å²) in [6.45, 7) is 0.459. The first kappa shape index (κ1) is 17.0. The summed E-state index contributed by atoms with van der Waals surface area (Å²) in [4.78, 5) is 30.1. The molecule has 0 N–H and O–H groups in total. The molecule has 0 aliphatic heterocycles. The fourth-order valence-electron chi connectivity index (χ4n) is 3.35. The van der Waals surface area contributed by atoms with E-state index in [1.807, 2.05) is 54.6 Å². The summed E-state index contributed by atoms with van der Waals surface area (Å²) < 4.78 is 1.71. The minimum Gasteiger partial charge on any atom is -0.298 e. The maximum absolute atomic E-state index is 13.1. The van der Waals surface area contributed by atoms with E-state index in [1.165, 1.54) is 11.8 Å². The van der Waals surface area contributed by atoms with Crippen LogP contribution in [0.1, 0.15) is 31.2 Å². The average molecular weight is 364 g/mol. The number of Topliss-reactive ketones (excluding diaryl/α,β-unsaturated/α-hetero) is 1. The molecule has 1 unspecified atom stereocenters. The van der Waals surface area contributed by atoms with Gasteiger partial charge in [0.25, 0.3) is 5.56 Å². The standard InChI is InChI=1S/C21H20N2O2S/c24-18-12-6-7-13-19(18)26-21-22-17-11-5-4-10-16(17)20(25)23(21)14-15-8-2-1-3-9-15/h1-5,8-11,19H,6-7,12-14H2. The molecule has 1 aliphatic carbocycles. The number of para-hydroxylation sites is 1. The molecular weight excluding hydrogens is 344 g/mol. The minimum atomic E-state index is -0.0983. The highest BCUT2D eigenvalue weighted by atomic mass is 32.2. The highest BCUT2D eigenvalue weighted by Crippen LogP contribution is 2.31. The lowest BCUT2D eigenvalue weighted by atomic mass is 9.99. The summed E-state index contributed by atoms with van der Waals surface area (Å²) in [6, 6.07) is 17.3. The summed E-state index contributed by atoms with van der Waals surface area (Å²) in [5.74, 6) is 0.273. The maximum atomic E-state index is 13.1. The lowest BCUT2D eigenvalue weighted by Crippen LogP contribution is -2.27. The number of hydrogen-bond donors (Lipinski definition) is 0. The Morgan fingerprint density at radius 3 is 2.58 bits per heavy atom. The van der Waals surface area contributed by atoms with Crippen LogP contribution < -0.4 is 5.56 Å². The quantitative estimate of drug-likeness (QED) is 0.656. The van der Waals surface area contributed by atoms with E-state index >= 15 is 0 Å². The van der Waals surface area contributed by atoms with Crippen LogP contribution in [0.25, 0.3) is 10.9 Å². The molecule has 26 heavy (non-hydrogen) atoms. The Labute approximate surface area is 156 Å². The molecule has 1 aliphatic rings. The van der Waals surface area contributed by atoms with E-state index < -0.39 is 0 Å². The molecule has 1 aromatic heterocycles. The van der Waals surface area contributed by atoms with Gasteiger partial charge in [0, 0.05) is 6.42 Å². The van der Waals surface area contributed by atoms with Gasteiger partial charge in [-0.1, -0.05) is 60.6 Å². The molecule has 0 spiro atoms. The number of aromatic nitrogens is 2. The molecule has 1 fully saturated rings. The van der Waals surface area contributed by atoms with Crippen LogP contribution in [-0.2, 0) is 11.3 Å². The Morgan fingerprint density at radius 1 is 1.00 bits per heavy atom. The number of fused-ring (bicyclic) bond motifs is 1. The second kappa shape index (κ2) is 7.46. The Bertz CT molecular complexity index is 998. The number of hydrogen-bond acceptors (Lipinski definition) is 4. The van der Waals surface area contributed by atoms with Crippen molar-refractivity contribution in [1.29, 1.82) is 0 Å². The van der Waals surface area contributed by atoms with Gasteiger partial charge < -0.3 is 0 Å². The summed E-state index contributed by atoms with van der Waals surface area (Å²) >= 11 is 1.45. The van der Waals surface area contributed by atoms with E-state index in [1.54, 1.807) is 4.57 Å². The van der Waals surface area contributed by atoms with Crippen molar-refractivity contribution in [1.82, 2.24) is 9.55 Å². The van der Waals surface area contributed by atoms with Crippen LogP contribution in [0.5, 0.6) is 0 Å². The summed E-state index contributed by atoms with van der Waals surface area (Å²) in [5.41, 5.74) is 1.68. The van der Waals surface area contributed by atoms with Crippen LogP contribution >= 0.6 is 11.8 Å². The van der Waals surface area contributed by atoms with Gasteiger partial charge in [-0.25, -0.2) is 4.98 Å². The predicted molar refractivity (Wildman–Crippen MR) is 105 cm³/mol. The first-order chi connectivity index (χ1) is 12.7. The molecule has 5 heteroatoms. The van der Waals surface area contributed by atoms with Crippen molar-refractivity contribution in [3.05, 3.63) is 70.5 Å². The van der Waals surface area contributed by atoms with E-state index in [4.69, 9.17) is 4.98 Å². The van der Waals surface area contributed by atoms with Crippen molar-refractivity contribution < 1.29 is 4.79 Å². The summed E-state index contributed by atoms with van der Waals surface area (Å²) in [7, 11) is 0. The third-order valence-corrected chi connectivity index (χ3v) is 6.06. The van der Waals surface area contributed by atoms with Gasteiger partial charge in [-0.3, -0.25) is 14.2 Å². The van der Waals surface area contributed by atoms with Crippen molar-refractivity contribution in [3.8, 4) is 0 Å². The SMILES string of the molecule is O=C1CCCCC1Sc1nc2ccccc2c(=O)n1Cc1ccccc1. The fraction of sp³-hybridized carbons (Fsp3) is 0.286. The number of ketones is 1. The number of thioether (sulfide) groups is 1. The Morgan fingerprint density at radius 2 is 1.77 bits per heavy atom. The number of nitrogens with zero attached hydrogens (tertiary/aromatic N) is 2. The van der Waals surface area contributed by atoms with Crippen molar-refractivity contribution in [3.63, 3.8) is 0 Å². The smallest absolute Gasteiger partial charge is 0.262 e. The molecule has 132 valence electrons. The van der Waals surface area contributed by atoms with Crippen LogP contribution in [0.2, 0.25) is 0 Å². The molecule has 0 bridgehead atoms. The van der Waals surface area contributed by atoms with E-state index in [0.717, 1.165) is 24.8 Å². The first-order valence-corrected chi connectivity index (χ1v) is 9.83. The van der Waals surface area contributed by atoms with Crippen LogP contribution in [-0.4, -0.2) is 20.6 Å². The third-order valence-electron chi connectivity index (χ3n) is 4.76. The molecule has 0 saturated heterocycles. The largest absolute Gasteiger partial charge is 0.298 e. The van der Waals surface area contributed by atoms with Crippen LogP contribution in [0, 0.1) is 0 Å². The van der Waals surface area contributed by atoms with E-state index in [-0.39, 0.29) is 16.6 Å². The van der Waals surface area contributed by atoms with E-state index in [2.05, 4.69) is 0 Å². The highest BCUT2D eigenvalue weighted by Gasteiger charge is 2.25. The zero-order chi connectivity index (χ0) is 17.9. The van der Waals surface area contributed by atoms with Gasteiger partial charge in [-0.2, -0.15) is 0 Å². The van der Waals surface area contributed by atoms with Gasteiger partial charge >= 0.3 is 0 Å². The monoisotopic (exact) mass is 364 g/mol. The molecule has 4 nitrogen and oxygen atoms in total. The average Bonchev–Trinajstić information content (AvgIpc) is 2.67. The van der Waals surface area contributed by atoms with Crippen LogP contribution in [0.3, 0.4) is 0 Å². The van der Waals surface area contributed by atoms with E-state index in [9.17, 15) is 9.59 Å². The van der Waals surface area contributed by atoms with Gasteiger partial charge in [0.2, 0.25) is 0 Å². The van der Waals surface area contributed by atoms with Crippen molar-refractivity contribution >= 4 is 28.4 Å². The van der Waals surface area contributed by atoms with Gasteiger partial charge in [-0.05, 0) is 30.5 Å².